The van der Waals surface area contributed by atoms with Crippen LogP contribution in [0.5, 0.6) is 5.75 Å². The zero-order chi connectivity index (χ0) is 26.6. The summed E-state index contributed by atoms with van der Waals surface area (Å²) in [6.07, 6.45) is -5.75. The number of carbonyl (C=O) groups excluding carboxylic acids is 2. The van der Waals surface area contributed by atoms with E-state index in [9.17, 15) is 22.8 Å². The number of amides is 2. The van der Waals surface area contributed by atoms with Crippen LogP contribution in [-0.4, -0.2) is 48.6 Å². The molecular formula is C23H21Cl4F3N2O3. The van der Waals surface area contributed by atoms with Crippen LogP contribution in [0, 0.1) is 0 Å². The fourth-order valence-electron chi connectivity index (χ4n) is 3.41. The Hall–Kier alpha value is -2.13. The molecule has 2 amide bonds. The molecule has 0 fully saturated rings. The van der Waals surface area contributed by atoms with Crippen molar-refractivity contribution >= 4 is 58.4 Å². The molecule has 0 aliphatic rings. The number of ether oxygens (including phenoxy) is 1. The molecule has 0 spiro atoms. The molecule has 0 unspecified atom stereocenters. The number of hydrogen-bond acceptors (Lipinski definition) is 3. The van der Waals surface area contributed by atoms with Gasteiger partial charge in [-0.25, -0.2) is 4.79 Å². The van der Waals surface area contributed by atoms with Gasteiger partial charge in [-0.3, -0.25) is 9.69 Å². The summed E-state index contributed by atoms with van der Waals surface area (Å²) in [6.45, 7) is 3.38. The van der Waals surface area contributed by atoms with Crippen molar-refractivity contribution in [3.63, 3.8) is 0 Å². The molecule has 0 saturated heterocycles. The number of alkyl halides is 3. The first-order valence-electron chi connectivity index (χ1n) is 9.98. The van der Waals surface area contributed by atoms with Crippen molar-refractivity contribution < 1.29 is 27.5 Å². The summed E-state index contributed by atoms with van der Waals surface area (Å²) in [7, 11) is 2.59. The largest absolute Gasteiger partial charge is 0.415 e. The summed E-state index contributed by atoms with van der Waals surface area (Å²) in [6, 6.07) is 8.70. The van der Waals surface area contributed by atoms with Crippen LogP contribution < -0.4 is 4.74 Å². The van der Waals surface area contributed by atoms with Gasteiger partial charge in [-0.15, -0.1) is 6.58 Å². The standard InChI is InChI=1S/C23H21Cl4F3N2O3/c1-4-9-22(14-5-7-16(24)18(26)10-14,13-31(2)20(33)12-23(28,29)30)32(3)21(34)35-15-6-8-17(25)19(27)11-15/h4-8,10-11H,1,9,12-13H2,2-3H3/t22-/m1/s1. The van der Waals surface area contributed by atoms with Gasteiger partial charge < -0.3 is 9.64 Å². The van der Waals surface area contributed by atoms with Crippen LogP contribution >= 0.6 is 46.4 Å². The van der Waals surface area contributed by atoms with E-state index in [4.69, 9.17) is 51.1 Å². The normalized spacial score (nSPS) is 13.1. The Bertz CT molecular complexity index is 1110. The summed E-state index contributed by atoms with van der Waals surface area (Å²) in [5.74, 6) is -1.10. The Morgan fingerprint density at radius 2 is 1.54 bits per heavy atom. The van der Waals surface area contributed by atoms with E-state index in [0.29, 0.717) is 5.56 Å². The molecular weight excluding hydrogens is 551 g/mol. The number of nitrogens with zero attached hydrogens (tertiary/aromatic N) is 2. The zero-order valence-electron chi connectivity index (χ0n) is 18.6. The van der Waals surface area contributed by atoms with Crippen molar-refractivity contribution in [3.05, 3.63) is 74.7 Å². The van der Waals surface area contributed by atoms with Crippen molar-refractivity contribution in [3.8, 4) is 5.75 Å². The molecule has 0 radical (unpaired) electrons. The first-order chi connectivity index (χ1) is 16.2. The van der Waals surface area contributed by atoms with Crippen molar-refractivity contribution in [2.24, 2.45) is 0 Å². The Kier molecular flexibility index (Phi) is 9.76. The minimum absolute atomic E-state index is 0.0293. The lowest BCUT2D eigenvalue weighted by atomic mass is 9.84. The quantitative estimate of drug-likeness (QED) is 0.306. The molecule has 2 aromatic carbocycles. The average Bonchev–Trinajstić information content (AvgIpc) is 2.76. The lowest BCUT2D eigenvalue weighted by Crippen LogP contribution is -2.55. The number of rotatable bonds is 8. The van der Waals surface area contributed by atoms with Crippen molar-refractivity contribution in [1.82, 2.24) is 9.80 Å². The number of benzene rings is 2. The van der Waals surface area contributed by atoms with E-state index >= 15 is 0 Å². The third-order valence-corrected chi connectivity index (χ3v) is 6.71. The lowest BCUT2D eigenvalue weighted by Gasteiger charge is -2.43. The van der Waals surface area contributed by atoms with Gasteiger partial charge in [-0.05, 0) is 36.2 Å². The summed E-state index contributed by atoms with van der Waals surface area (Å²) < 4.78 is 44.0. The van der Waals surface area contributed by atoms with Gasteiger partial charge in [0, 0.05) is 26.7 Å². The lowest BCUT2D eigenvalue weighted by molar-refractivity contribution is -0.161. The van der Waals surface area contributed by atoms with Crippen LogP contribution in [0.25, 0.3) is 0 Å². The van der Waals surface area contributed by atoms with Gasteiger partial charge in [-0.1, -0.05) is 58.5 Å². The Morgan fingerprint density at radius 1 is 0.971 bits per heavy atom. The van der Waals surface area contributed by atoms with Gasteiger partial charge >= 0.3 is 12.3 Å². The fourth-order valence-corrected chi connectivity index (χ4v) is 3.99. The highest BCUT2D eigenvalue weighted by Gasteiger charge is 2.43. The smallest absolute Gasteiger partial charge is 0.410 e. The molecule has 0 bridgehead atoms. The van der Waals surface area contributed by atoms with Crippen LogP contribution in [0.3, 0.4) is 0 Å². The van der Waals surface area contributed by atoms with Crippen LogP contribution in [0.1, 0.15) is 18.4 Å². The second kappa shape index (κ2) is 11.7. The molecule has 2 aromatic rings. The van der Waals surface area contributed by atoms with E-state index in [1.165, 1.54) is 50.5 Å². The van der Waals surface area contributed by atoms with E-state index in [0.717, 1.165) is 9.80 Å². The van der Waals surface area contributed by atoms with E-state index in [1.807, 2.05) is 0 Å². The van der Waals surface area contributed by atoms with Gasteiger partial charge in [0.15, 0.2) is 0 Å². The topological polar surface area (TPSA) is 49.9 Å². The number of likely N-dealkylation sites (N-methyl/N-ethyl adjacent to an activating group) is 2. The Labute approximate surface area is 220 Å². The summed E-state index contributed by atoms with van der Waals surface area (Å²) in [4.78, 5) is 27.6. The third kappa shape index (κ3) is 7.43. The molecule has 0 heterocycles. The predicted octanol–water partition coefficient (Wildman–Crippen LogP) is 7.61. The Morgan fingerprint density at radius 3 is 2.06 bits per heavy atom. The summed E-state index contributed by atoms with van der Waals surface area (Å²) >= 11 is 24.1. The molecule has 0 N–H and O–H groups in total. The number of halogens is 7. The molecule has 190 valence electrons. The van der Waals surface area contributed by atoms with Crippen LogP contribution in [0.15, 0.2) is 49.1 Å². The van der Waals surface area contributed by atoms with E-state index in [1.54, 1.807) is 6.07 Å². The first kappa shape index (κ1) is 29.1. The molecule has 1 atom stereocenters. The molecule has 0 aliphatic heterocycles. The molecule has 0 saturated carbocycles. The second-order valence-corrected chi connectivity index (χ2v) is 9.33. The molecule has 5 nitrogen and oxygen atoms in total. The zero-order valence-corrected chi connectivity index (χ0v) is 21.7. The maximum absolute atomic E-state index is 13.2. The number of carbonyl (C=O) groups is 2. The number of hydrogen-bond donors (Lipinski definition) is 0. The van der Waals surface area contributed by atoms with Gasteiger partial charge in [0.1, 0.15) is 12.2 Å². The van der Waals surface area contributed by atoms with Crippen molar-refractivity contribution in [2.75, 3.05) is 20.6 Å². The second-order valence-electron chi connectivity index (χ2n) is 7.70. The van der Waals surface area contributed by atoms with Crippen molar-refractivity contribution in [2.45, 2.75) is 24.6 Å². The maximum atomic E-state index is 13.2. The molecule has 35 heavy (non-hydrogen) atoms. The van der Waals surface area contributed by atoms with Crippen molar-refractivity contribution in [1.29, 1.82) is 0 Å². The molecule has 0 aliphatic carbocycles. The highest BCUT2D eigenvalue weighted by atomic mass is 35.5. The SMILES string of the molecule is C=CC[C@@](CN(C)C(=O)CC(F)(F)F)(c1ccc(Cl)c(Cl)c1)N(C)C(=O)Oc1ccc(Cl)c(Cl)c1. The minimum Gasteiger partial charge on any atom is -0.410 e. The molecule has 12 heteroatoms. The summed E-state index contributed by atoms with van der Waals surface area (Å²) in [5.41, 5.74) is -1.02. The van der Waals surface area contributed by atoms with E-state index in [-0.39, 0.29) is 38.8 Å². The van der Waals surface area contributed by atoms with Crippen LogP contribution in [0.4, 0.5) is 18.0 Å². The highest BCUT2D eigenvalue weighted by molar-refractivity contribution is 6.42. The van der Waals surface area contributed by atoms with E-state index < -0.39 is 30.1 Å². The minimum atomic E-state index is -4.70. The predicted molar refractivity (Wildman–Crippen MR) is 132 cm³/mol. The third-order valence-electron chi connectivity index (χ3n) is 5.23. The van der Waals surface area contributed by atoms with Crippen LogP contribution in [0.2, 0.25) is 20.1 Å². The highest BCUT2D eigenvalue weighted by Crippen LogP contribution is 2.37. The Balaban J connectivity index is 2.53. The van der Waals surface area contributed by atoms with Gasteiger partial charge in [0.05, 0.1) is 25.6 Å². The van der Waals surface area contributed by atoms with Gasteiger partial charge in [0.25, 0.3) is 0 Å². The first-order valence-corrected chi connectivity index (χ1v) is 11.5. The van der Waals surface area contributed by atoms with E-state index in [2.05, 4.69) is 6.58 Å². The molecule has 2 rings (SSSR count). The average molecular weight is 572 g/mol. The summed E-state index contributed by atoms with van der Waals surface area (Å²) in [5, 5.41) is 0.777. The van der Waals surface area contributed by atoms with Crippen LogP contribution in [-0.2, 0) is 10.3 Å². The molecule has 0 aromatic heterocycles. The maximum Gasteiger partial charge on any atom is 0.415 e. The monoisotopic (exact) mass is 570 g/mol. The van der Waals surface area contributed by atoms with Gasteiger partial charge in [0.2, 0.25) is 5.91 Å². The fraction of sp³-hybridized carbons (Fsp3) is 0.304. The van der Waals surface area contributed by atoms with Gasteiger partial charge in [-0.2, -0.15) is 13.2 Å².